The first-order chi connectivity index (χ1) is 18.8. The molecule has 8 nitrogen and oxygen atoms in total. The van der Waals surface area contributed by atoms with Gasteiger partial charge in [-0.1, -0.05) is 24.3 Å². The zero-order valence-corrected chi connectivity index (χ0v) is 22.1. The Morgan fingerprint density at radius 3 is 2.49 bits per heavy atom. The van der Waals surface area contributed by atoms with Gasteiger partial charge in [-0.15, -0.1) is 0 Å². The summed E-state index contributed by atoms with van der Waals surface area (Å²) >= 11 is 0. The zero-order chi connectivity index (χ0) is 27.5. The predicted molar refractivity (Wildman–Crippen MR) is 144 cm³/mol. The molecule has 1 fully saturated rings. The van der Waals surface area contributed by atoms with E-state index in [0.29, 0.717) is 37.7 Å². The van der Waals surface area contributed by atoms with E-state index >= 15 is 0 Å². The lowest BCUT2D eigenvalue weighted by atomic mass is 9.94. The Hall–Kier alpha value is -3.59. The highest BCUT2D eigenvalue weighted by molar-refractivity contribution is 5.72. The molecule has 8 heteroatoms. The number of ether oxygens (including phenoxy) is 4. The quantitative estimate of drug-likeness (QED) is 0.370. The van der Waals surface area contributed by atoms with Crippen LogP contribution in [-0.2, 0) is 16.1 Å². The molecule has 3 aromatic rings. The third-order valence-electron chi connectivity index (χ3n) is 7.30. The molecule has 206 valence electrons. The Morgan fingerprint density at radius 2 is 1.74 bits per heavy atom. The van der Waals surface area contributed by atoms with Crippen LogP contribution in [0.25, 0.3) is 11.1 Å². The van der Waals surface area contributed by atoms with Crippen molar-refractivity contribution < 1.29 is 39.1 Å². The van der Waals surface area contributed by atoms with Crippen LogP contribution in [0.5, 0.6) is 17.2 Å². The zero-order valence-electron chi connectivity index (χ0n) is 22.1. The van der Waals surface area contributed by atoms with E-state index in [1.54, 1.807) is 0 Å². The number of carboxylic acid groups (broad SMARTS) is 1. The Kier molecular flexibility index (Phi) is 8.07. The molecule has 1 saturated heterocycles. The molecule has 0 aromatic heterocycles. The highest BCUT2D eigenvalue weighted by Crippen LogP contribution is 2.38. The van der Waals surface area contributed by atoms with Gasteiger partial charge < -0.3 is 34.3 Å². The molecule has 5 rings (SSSR count). The van der Waals surface area contributed by atoms with E-state index in [-0.39, 0.29) is 25.0 Å². The number of hydrogen-bond acceptors (Lipinski definition) is 7. The van der Waals surface area contributed by atoms with E-state index in [2.05, 4.69) is 26.0 Å². The van der Waals surface area contributed by atoms with E-state index in [9.17, 15) is 15.0 Å². The van der Waals surface area contributed by atoms with Crippen molar-refractivity contribution in [3.8, 4) is 28.4 Å². The van der Waals surface area contributed by atoms with Crippen LogP contribution in [0.3, 0.4) is 0 Å². The fourth-order valence-corrected chi connectivity index (χ4v) is 5.32. The first kappa shape index (κ1) is 27.0. The largest absolute Gasteiger partial charge is 0.492 e. The molecule has 0 radical (unpaired) electrons. The summed E-state index contributed by atoms with van der Waals surface area (Å²) < 4.78 is 23.3. The Morgan fingerprint density at radius 1 is 0.949 bits per heavy atom. The molecule has 0 amide bonds. The highest BCUT2D eigenvalue weighted by Gasteiger charge is 2.29. The van der Waals surface area contributed by atoms with Gasteiger partial charge in [0.1, 0.15) is 36.6 Å². The van der Waals surface area contributed by atoms with E-state index in [4.69, 9.17) is 24.1 Å². The Bertz CT molecular complexity index is 1310. The van der Waals surface area contributed by atoms with Crippen molar-refractivity contribution in [1.82, 2.24) is 0 Å². The second kappa shape index (κ2) is 11.7. The minimum Gasteiger partial charge on any atom is -0.492 e. The van der Waals surface area contributed by atoms with Gasteiger partial charge in [-0.25, -0.2) is 0 Å². The van der Waals surface area contributed by atoms with Gasteiger partial charge in [0.15, 0.2) is 0 Å². The van der Waals surface area contributed by atoms with Crippen LogP contribution >= 0.6 is 0 Å². The van der Waals surface area contributed by atoms with Gasteiger partial charge in [0.25, 0.3) is 0 Å². The summed E-state index contributed by atoms with van der Waals surface area (Å²) in [6.45, 7) is 5.28. The second-order valence-electron chi connectivity index (χ2n) is 10.4. The molecule has 3 aromatic carbocycles. The number of aliphatic carboxylic acids is 1. The number of carbonyl (C=O) groups is 1. The molecular weight excluding hydrogens is 500 g/mol. The third-order valence-corrected chi connectivity index (χ3v) is 7.30. The maximum Gasteiger partial charge on any atom is 0.304 e. The summed E-state index contributed by atoms with van der Waals surface area (Å²) in [5.41, 5.74) is 6.30. The fourth-order valence-electron chi connectivity index (χ4n) is 5.32. The standard InChI is InChI=1S/C31H34O8/c1-18-8-24(37-16-25-12-27(32)28(33)17-38-25)9-19(2)31(18)21-5-3-4-20(10-21)14-36-23-6-7-26-22(11-30(34)35)15-39-29(26)13-23/h3-10,13,22,25,27-28,32-33H,11-12,14-17H2,1-2H3,(H,34,35)/t22?,25-,27+,28+/m0/s1. The molecule has 0 spiro atoms. The molecule has 0 saturated carbocycles. The maximum absolute atomic E-state index is 11.1. The van der Waals surface area contributed by atoms with E-state index in [1.165, 1.54) is 0 Å². The first-order valence-corrected chi connectivity index (χ1v) is 13.2. The minimum atomic E-state index is -0.841. The van der Waals surface area contributed by atoms with Crippen molar-refractivity contribution in [2.45, 2.75) is 57.5 Å². The van der Waals surface area contributed by atoms with E-state index in [1.807, 2.05) is 42.5 Å². The lowest BCUT2D eigenvalue weighted by molar-refractivity contribution is -0.137. The van der Waals surface area contributed by atoms with Gasteiger partial charge in [-0.05, 0) is 65.9 Å². The van der Waals surface area contributed by atoms with Crippen LogP contribution in [-0.4, -0.2) is 59.4 Å². The molecule has 3 N–H and O–H groups in total. The number of aryl methyl sites for hydroxylation is 2. The average molecular weight is 535 g/mol. The normalized spacial score (nSPS) is 22.2. The van der Waals surface area contributed by atoms with Crippen molar-refractivity contribution in [3.63, 3.8) is 0 Å². The number of benzene rings is 3. The first-order valence-electron chi connectivity index (χ1n) is 13.2. The molecule has 2 heterocycles. The number of aliphatic hydroxyl groups is 2. The maximum atomic E-state index is 11.1. The summed E-state index contributed by atoms with van der Waals surface area (Å²) in [6.07, 6.45) is -1.50. The third kappa shape index (κ3) is 6.36. The van der Waals surface area contributed by atoms with Crippen molar-refractivity contribution in [2.24, 2.45) is 0 Å². The molecule has 2 aliphatic rings. The fraction of sp³-hybridized carbons (Fsp3) is 0.387. The van der Waals surface area contributed by atoms with Crippen LogP contribution in [0.4, 0.5) is 0 Å². The van der Waals surface area contributed by atoms with Crippen molar-refractivity contribution in [1.29, 1.82) is 0 Å². The molecule has 0 bridgehead atoms. The van der Waals surface area contributed by atoms with Crippen LogP contribution in [0.15, 0.2) is 54.6 Å². The van der Waals surface area contributed by atoms with E-state index in [0.717, 1.165) is 39.1 Å². The van der Waals surface area contributed by atoms with Crippen molar-refractivity contribution in [3.05, 3.63) is 76.9 Å². The Balaban J connectivity index is 1.23. The summed E-state index contributed by atoms with van der Waals surface area (Å²) in [5, 5.41) is 28.6. The average Bonchev–Trinajstić information content (AvgIpc) is 3.29. The lowest BCUT2D eigenvalue weighted by Crippen LogP contribution is -2.43. The topological polar surface area (TPSA) is 115 Å². The Labute approximate surface area is 227 Å². The molecule has 2 aliphatic heterocycles. The van der Waals surface area contributed by atoms with Gasteiger partial charge in [-0.3, -0.25) is 4.79 Å². The SMILES string of the molecule is Cc1cc(OC[C@@H]2C[C@@H](O)[C@H](O)CO2)cc(C)c1-c1cccc(COc2ccc3c(c2)OCC3CC(=O)O)c1. The lowest BCUT2D eigenvalue weighted by Gasteiger charge is -2.30. The van der Waals surface area contributed by atoms with Crippen LogP contribution in [0.2, 0.25) is 0 Å². The minimum absolute atomic E-state index is 0.0516. The smallest absolute Gasteiger partial charge is 0.304 e. The molecule has 0 aliphatic carbocycles. The molecular formula is C31H34O8. The summed E-state index contributed by atoms with van der Waals surface area (Å²) in [6, 6.07) is 17.8. The number of carboxylic acids is 1. The van der Waals surface area contributed by atoms with Crippen molar-refractivity contribution in [2.75, 3.05) is 19.8 Å². The summed E-state index contributed by atoms with van der Waals surface area (Å²) in [5.74, 6) is 1.13. The predicted octanol–water partition coefficient (Wildman–Crippen LogP) is 4.39. The van der Waals surface area contributed by atoms with E-state index < -0.39 is 18.2 Å². The molecule has 39 heavy (non-hydrogen) atoms. The van der Waals surface area contributed by atoms with Gasteiger partial charge in [0, 0.05) is 24.0 Å². The summed E-state index contributed by atoms with van der Waals surface area (Å²) in [4.78, 5) is 11.1. The van der Waals surface area contributed by atoms with Crippen LogP contribution in [0.1, 0.15) is 41.0 Å². The molecule has 4 atom stereocenters. The van der Waals surface area contributed by atoms with Gasteiger partial charge in [0.05, 0.1) is 31.8 Å². The number of fused-ring (bicyclic) bond motifs is 1. The number of rotatable bonds is 9. The molecule has 1 unspecified atom stereocenters. The summed E-state index contributed by atoms with van der Waals surface area (Å²) in [7, 11) is 0. The number of aliphatic hydroxyl groups excluding tert-OH is 2. The van der Waals surface area contributed by atoms with Gasteiger partial charge in [-0.2, -0.15) is 0 Å². The highest BCUT2D eigenvalue weighted by atomic mass is 16.5. The van der Waals surface area contributed by atoms with Crippen molar-refractivity contribution >= 4 is 5.97 Å². The second-order valence-corrected chi connectivity index (χ2v) is 10.4. The van der Waals surface area contributed by atoms with Gasteiger partial charge >= 0.3 is 5.97 Å². The monoisotopic (exact) mass is 534 g/mol. The van der Waals surface area contributed by atoms with Gasteiger partial charge in [0.2, 0.25) is 0 Å². The van der Waals surface area contributed by atoms with Crippen LogP contribution < -0.4 is 14.2 Å². The number of hydrogen-bond donors (Lipinski definition) is 3. The van der Waals surface area contributed by atoms with Crippen LogP contribution in [0, 0.1) is 13.8 Å².